The Kier molecular flexibility index (Phi) is 4.98. The number of fused-ring (bicyclic) bond motifs is 1. The Bertz CT molecular complexity index is 890. The topological polar surface area (TPSA) is 47.7 Å². The zero-order valence-corrected chi connectivity index (χ0v) is 16.3. The second kappa shape index (κ2) is 7.41. The number of rotatable bonds is 5. The number of hydrogen-bond donors (Lipinski definition) is 0. The van der Waals surface area contributed by atoms with Crippen molar-refractivity contribution in [3.8, 4) is 23.0 Å². The molecule has 0 spiro atoms. The van der Waals surface area contributed by atoms with Gasteiger partial charge in [-0.15, -0.1) is 6.58 Å². The maximum absolute atomic E-state index is 6.42. The minimum absolute atomic E-state index is 0.204. The van der Waals surface area contributed by atoms with Crippen molar-refractivity contribution in [3.63, 3.8) is 0 Å². The Morgan fingerprint density at radius 1 is 1.33 bits per heavy atom. The van der Waals surface area contributed by atoms with Gasteiger partial charge >= 0.3 is 0 Å². The number of ether oxygens (including phenoxy) is 2. The van der Waals surface area contributed by atoms with Crippen LogP contribution >= 0.6 is 11.6 Å². The van der Waals surface area contributed by atoms with E-state index in [4.69, 9.17) is 30.5 Å². The van der Waals surface area contributed by atoms with Crippen LogP contribution in [-0.2, 0) is 6.54 Å². The average molecular weight is 387 g/mol. The molecular weight excluding hydrogens is 364 g/mol. The fraction of sp³-hybridized carbons (Fsp3) is 0.381. The van der Waals surface area contributed by atoms with E-state index >= 15 is 0 Å². The lowest BCUT2D eigenvalue weighted by Gasteiger charge is -2.36. The highest BCUT2D eigenvalue weighted by Crippen LogP contribution is 2.41. The quantitative estimate of drug-likeness (QED) is 0.667. The molecule has 0 amide bonds. The third-order valence-electron chi connectivity index (χ3n) is 5.17. The van der Waals surface area contributed by atoms with E-state index in [0.717, 1.165) is 30.8 Å². The molecule has 0 N–H and O–H groups in total. The number of aromatic nitrogens is 1. The normalized spacial score (nSPS) is 21.6. The van der Waals surface area contributed by atoms with E-state index < -0.39 is 0 Å². The molecule has 2 atom stereocenters. The van der Waals surface area contributed by atoms with Crippen LogP contribution in [0.3, 0.4) is 0 Å². The van der Waals surface area contributed by atoms with Crippen molar-refractivity contribution < 1.29 is 13.9 Å². The van der Waals surface area contributed by atoms with Gasteiger partial charge in [0.25, 0.3) is 0 Å². The predicted molar refractivity (Wildman–Crippen MR) is 105 cm³/mol. The van der Waals surface area contributed by atoms with Gasteiger partial charge in [-0.25, -0.2) is 4.98 Å². The molecule has 142 valence electrons. The van der Waals surface area contributed by atoms with E-state index in [0.29, 0.717) is 40.1 Å². The summed E-state index contributed by atoms with van der Waals surface area (Å²) in [5.41, 5.74) is 1.64. The minimum atomic E-state index is 0.204. The molecule has 6 heteroatoms. The van der Waals surface area contributed by atoms with Gasteiger partial charge in [0, 0.05) is 24.7 Å². The lowest BCUT2D eigenvalue weighted by atomic mass is 10.00. The molecule has 0 aliphatic carbocycles. The first-order valence-corrected chi connectivity index (χ1v) is 9.53. The van der Waals surface area contributed by atoms with Crippen LogP contribution in [0.2, 0.25) is 5.02 Å². The van der Waals surface area contributed by atoms with Crippen molar-refractivity contribution >= 4 is 11.6 Å². The standard InChI is InChI=1S/C21H23ClN2O3/c1-4-6-15-8-5-7-13(2)24(15)11-18-14(3)27-21(23-18)16-9-19-20(10-17(16)22)26-12-25-19/h4-5,7,9-10,13,15H,1,6,8,11-12H2,2-3H3/t13-,15-/m1/s1. The number of aryl methyl sites for hydroxylation is 1. The number of nitrogens with zero attached hydrogens (tertiary/aromatic N) is 2. The highest BCUT2D eigenvalue weighted by atomic mass is 35.5. The van der Waals surface area contributed by atoms with Gasteiger partial charge in [0.2, 0.25) is 12.7 Å². The van der Waals surface area contributed by atoms with E-state index in [9.17, 15) is 0 Å². The Morgan fingerprint density at radius 2 is 2.11 bits per heavy atom. The van der Waals surface area contributed by atoms with Crippen molar-refractivity contribution in [1.29, 1.82) is 0 Å². The zero-order valence-electron chi connectivity index (χ0n) is 15.6. The van der Waals surface area contributed by atoms with Crippen LogP contribution in [0.25, 0.3) is 11.5 Å². The Labute approximate surface area is 164 Å². The summed E-state index contributed by atoms with van der Waals surface area (Å²) in [6, 6.07) is 4.34. The summed E-state index contributed by atoms with van der Waals surface area (Å²) >= 11 is 6.42. The summed E-state index contributed by atoms with van der Waals surface area (Å²) in [6.07, 6.45) is 8.45. The molecule has 0 bridgehead atoms. The zero-order chi connectivity index (χ0) is 19.0. The van der Waals surface area contributed by atoms with Gasteiger partial charge in [-0.1, -0.05) is 29.8 Å². The van der Waals surface area contributed by atoms with Crippen LogP contribution in [0.15, 0.2) is 41.4 Å². The summed E-state index contributed by atoms with van der Waals surface area (Å²) in [6.45, 7) is 8.98. The van der Waals surface area contributed by atoms with Crippen LogP contribution in [-0.4, -0.2) is 28.8 Å². The summed E-state index contributed by atoms with van der Waals surface area (Å²) < 4.78 is 16.8. The molecule has 5 nitrogen and oxygen atoms in total. The third kappa shape index (κ3) is 3.49. The fourth-order valence-electron chi connectivity index (χ4n) is 3.65. The van der Waals surface area contributed by atoms with Gasteiger partial charge in [-0.05, 0) is 32.8 Å². The molecule has 0 saturated heterocycles. The van der Waals surface area contributed by atoms with Gasteiger partial charge in [0.1, 0.15) is 5.76 Å². The number of hydrogen-bond acceptors (Lipinski definition) is 5. The summed E-state index contributed by atoms with van der Waals surface area (Å²) in [7, 11) is 0. The summed E-state index contributed by atoms with van der Waals surface area (Å²) in [5, 5.41) is 0.533. The molecule has 0 radical (unpaired) electrons. The van der Waals surface area contributed by atoms with E-state index in [-0.39, 0.29) is 6.79 Å². The highest BCUT2D eigenvalue weighted by molar-refractivity contribution is 6.33. The maximum atomic E-state index is 6.42. The van der Waals surface area contributed by atoms with Crippen LogP contribution < -0.4 is 9.47 Å². The third-order valence-corrected chi connectivity index (χ3v) is 5.48. The Hall–Kier alpha value is -2.24. The molecule has 0 unspecified atom stereocenters. The van der Waals surface area contributed by atoms with Crippen LogP contribution in [0.1, 0.15) is 31.2 Å². The molecule has 3 heterocycles. The molecule has 2 aliphatic heterocycles. The Balaban J connectivity index is 1.62. The molecule has 4 rings (SSSR count). The molecule has 0 saturated carbocycles. The molecule has 2 aliphatic rings. The van der Waals surface area contributed by atoms with Gasteiger partial charge in [0.05, 0.1) is 16.3 Å². The smallest absolute Gasteiger partial charge is 0.231 e. The van der Waals surface area contributed by atoms with Crippen molar-refractivity contribution in [2.24, 2.45) is 0 Å². The summed E-state index contributed by atoms with van der Waals surface area (Å²) in [5.74, 6) is 2.62. The second-order valence-corrected chi connectivity index (χ2v) is 7.37. The SMILES string of the molecule is C=CC[C@@H]1CC=C[C@@H](C)N1Cc1nc(-c2cc3c(cc2Cl)OCO3)oc1C. The van der Waals surface area contributed by atoms with Crippen molar-refractivity contribution in [1.82, 2.24) is 9.88 Å². The van der Waals surface area contributed by atoms with Gasteiger partial charge in [-0.2, -0.15) is 0 Å². The van der Waals surface area contributed by atoms with Gasteiger partial charge < -0.3 is 13.9 Å². The molecule has 27 heavy (non-hydrogen) atoms. The van der Waals surface area contributed by atoms with Crippen LogP contribution in [0.5, 0.6) is 11.5 Å². The second-order valence-electron chi connectivity index (χ2n) is 6.96. The van der Waals surface area contributed by atoms with Crippen LogP contribution in [0.4, 0.5) is 0 Å². The highest BCUT2D eigenvalue weighted by Gasteiger charge is 2.27. The van der Waals surface area contributed by atoms with Gasteiger partial charge in [0.15, 0.2) is 11.5 Å². The first kappa shape index (κ1) is 18.1. The average Bonchev–Trinajstić information content (AvgIpc) is 3.23. The predicted octanol–water partition coefficient (Wildman–Crippen LogP) is 5.13. The van der Waals surface area contributed by atoms with E-state index in [1.807, 2.05) is 19.1 Å². The fourth-order valence-corrected chi connectivity index (χ4v) is 3.89. The molecular formula is C21H23ClN2O3. The number of benzene rings is 1. The first-order chi connectivity index (χ1) is 13.1. The van der Waals surface area contributed by atoms with Crippen LogP contribution in [0, 0.1) is 6.92 Å². The first-order valence-electron chi connectivity index (χ1n) is 9.16. The summed E-state index contributed by atoms with van der Waals surface area (Å²) in [4.78, 5) is 7.19. The Morgan fingerprint density at radius 3 is 2.89 bits per heavy atom. The molecule has 1 aromatic carbocycles. The molecule has 2 aromatic rings. The van der Waals surface area contributed by atoms with Crippen molar-refractivity contribution in [2.75, 3.05) is 6.79 Å². The van der Waals surface area contributed by atoms with E-state index in [1.54, 1.807) is 6.07 Å². The van der Waals surface area contributed by atoms with Crippen molar-refractivity contribution in [3.05, 3.63) is 53.4 Å². The lowest BCUT2D eigenvalue weighted by Crippen LogP contribution is -2.42. The van der Waals surface area contributed by atoms with Crippen molar-refractivity contribution in [2.45, 2.75) is 45.3 Å². The molecule has 1 aromatic heterocycles. The lowest BCUT2D eigenvalue weighted by molar-refractivity contribution is 0.148. The maximum Gasteiger partial charge on any atom is 0.231 e. The largest absolute Gasteiger partial charge is 0.454 e. The van der Waals surface area contributed by atoms with E-state index in [2.05, 4.69) is 30.6 Å². The minimum Gasteiger partial charge on any atom is -0.454 e. The van der Waals surface area contributed by atoms with Gasteiger partial charge in [-0.3, -0.25) is 4.90 Å². The number of oxazole rings is 1. The molecule has 0 fully saturated rings. The monoisotopic (exact) mass is 386 g/mol. The number of halogens is 1. The van der Waals surface area contributed by atoms with E-state index in [1.165, 1.54) is 0 Å².